The highest BCUT2D eigenvalue weighted by Crippen LogP contribution is 2.29. The molecule has 2 aromatic rings. The number of benzene rings is 2. The molecule has 0 saturated heterocycles. The van der Waals surface area contributed by atoms with Gasteiger partial charge in [0.15, 0.2) is 0 Å². The molecule has 1 N–H and O–H groups in total. The number of rotatable bonds is 5. The molecule has 0 fully saturated rings. The average molecular weight is 337 g/mol. The van der Waals surface area contributed by atoms with Crippen LogP contribution in [0.2, 0.25) is 10.0 Å². The number of hydrogen-bond donors (Lipinski definition) is 1. The summed E-state index contributed by atoms with van der Waals surface area (Å²) >= 11 is 12.0. The third-order valence-corrected chi connectivity index (χ3v) is 3.49. The Kier molecular flexibility index (Phi) is 5.47. The summed E-state index contributed by atoms with van der Waals surface area (Å²) in [5.74, 6) is -0.399. The van der Waals surface area contributed by atoms with E-state index < -0.39 is 5.97 Å². The molecule has 0 aliphatic rings. The quantitative estimate of drug-likeness (QED) is 0.616. The Morgan fingerprint density at radius 2 is 2.00 bits per heavy atom. The fourth-order valence-electron chi connectivity index (χ4n) is 1.99. The lowest BCUT2D eigenvalue weighted by Gasteiger charge is -2.08. The van der Waals surface area contributed by atoms with Crippen molar-refractivity contribution in [3.05, 3.63) is 63.6 Å². The van der Waals surface area contributed by atoms with E-state index in [0.717, 1.165) is 0 Å². The molecule has 0 aliphatic heterocycles. The van der Waals surface area contributed by atoms with Crippen LogP contribution in [0.25, 0.3) is 11.6 Å². The highest BCUT2D eigenvalue weighted by atomic mass is 35.5. The summed E-state index contributed by atoms with van der Waals surface area (Å²) in [6, 6.07) is 11.9. The van der Waals surface area contributed by atoms with Crippen molar-refractivity contribution in [2.45, 2.75) is 6.92 Å². The number of carbonyl (C=O) groups is 1. The number of hydrogen-bond acceptors (Lipinski definition) is 2. The van der Waals surface area contributed by atoms with Crippen LogP contribution in [-0.4, -0.2) is 17.7 Å². The summed E-state index contributed by atoms with van der Waals surface area (Å²) in [5.41, 5.74) is 1.16. The van der Waals surface area contributed by atoms with Gasteiger partial charge >= 0.3 is 5.97 Å². The molecule has 0 saturated carbocycles. The van der Waals surface area contributed by atoms with E-state index in [1.165, 1.54) is 6.07 Å². The average Bonchev–Trinajstić information content (AvgIpc) is 2.48. The number of carboxylic acid groups (broad SMARTS) is 1. The molecule has 0 bridgehead atoms. The van der Waals surface area contributed by atoms with Gasteiger partial charge in [0.2, 0.25) is 0 Å². The second-order valence-corrected chi connectivity index (χ2v) is 5.34. The van der Waals surface area contributed by atoms with Crippen molar-refractivity contribution in [1.82, 2.24) is 0 Å². The highest BCUT2D eigenvalue weighted by Gasteiger charge is 2.14. The molecule has 0 atom stereocenters. The largest absolute Gasteiger partial charge is 0.494 e. The van der Waals surface area contributed by atoms with E-state index in [2.05, 4.69) is 0 Å². The fraction of sp³-hybridized carbons (Fsp3) is 0.118. The molecule has 114 valence electrons. The van der Waals surface area contributed by atoms with Crippen molar-refractivity contribution in [2.24, 2.45) is 0 Å². The predicted octanol–water partition coefficient (Wildman–Crippen LogP) is 5.02. The zero-order valence-electron chi connectivity index (χ0n) is 11.8. The zero-order chi connectivity index (χ0) is 16.1. The first kappa shape index (κ1) is 16.4. The van der Waals surface area contributed by atoms with Crippen LogP contribution in [0.5, 0.6) is 5.75 Å². The highest BCUT2D eigenvalue weighted by molar-refractivity contribution is 6.37. The lowest BCUT2D eigenvalue weighted by atomic mass is 10.0. The summed E-state index contributed by atoms with van der Waals surface area (Å²) in [5, 5.41) is 10.2. The topological polar surface area (TPSA) is 46.5 Å². The van der Waals surface area contributed by atoms with E-state index in [-0.39, 0.29) is 5.57 Å². The van der Waals surface area contributed by atoms with Gasteiger partial charge in [0.05, 0.1) is 12.2 Å². The van der Waals surface area contributed by atoms with Crippen LogP contribution in [-0.2, 0) is 4.79 Å². The van der Waals surface area contributed by atoms with Crippen molar-refractivity contribution in [3.63, 3.8) is 0 Å². The standard InChI is InChI=1S/C17H14Cl2O3/c1-2-22-13-5-3-4-11(8-13)9-15(17(20)21)14-10-12(18)6-7-16(14)19/h3-10H,2H2,1H3,(H,20,21)/b15-9-. The minimum atomic E-state index is -1.08. The van der Waals surface area contributed by atoms with E-state index in [9.17, 15) is 9.90 Å². The molecular formula is C17H14Cl2O3. The van der Waals surface area contributed by atoms with Gasteiger partial charge < -0.3 is 9.84 Å². The molecule has 5 heteroatoms. The van der Waals surface area contributed by atoms with Gasteiger partial charge in [0.25, 0.3) is 0 Å². The van der Waals surface area contributed by atoms with Crippen molar-refractivity contribution < 1.29 is 14.6 Å². The molecule has 3 nitrogen and oxygen atoms in total. The van der Waals surface area contributed by atoms with E-state index in [0.29, 0.717) is 33.5 Å². The molecule has 2 aromatic carbocycles. The first-order chi connectivity index (χ1) is 10.5. The molecule has 0 spiro atoms. The van der Waals surface area contributed by atoms with Gasteiger partial charge in [-0.3, -0.25) is 0 Å². The normalized spacial score (nSPS) is 11.3. The SMILES string of the molecule is CCOc1cccc(/C=C(\C(=O)O)c2cc(Cl)ccc2Cl)c1. The number of ether oxygens (including phenoxy) is 1. The van der Waals surface area contributed by atoms with Crippen LogP contribution in [0.4, 0.5) is 0 Å². The third kappa shape index (κ3) is 4.03. The van der Waals surface area contributed by atoms with Crippen molar-refractivity contribution in [3.8, 4) is 5.75 Å². The first-order valence-electron chi connectivity index (χ1n) is 6.64. The van der Waals surface area contributed by atoms with Gasteiger partial charge in [-0.1, -0.05) is 35.3 Å². The Morgan fingerprint density at radius 1 is 1.23 bits per heavy atom. The van der Waals surface area contributed by atoms with E-state index in [4.69, 9.17) is 27.9 Å². The van der Waals surface area contributed by atoms with Gasteiger partial charge in [-0.25, -0.2) is 4.79 Å². The lowest BCUT2D eigenvalue weighted by molar-refractivity contribution is -0.130. The van der Waals surface area contributed by atoms with Crippen LogP contribution in [0.15, 0.2) is 42.5 Å². The number of carboxylic acids is 1. The maximum atomic E-state index is 11.6. The van der Waals surface area contributed by atoms with Crippen LogP contribution in [0.1, 0.15) is 18.1 Å². The van der Waals surface area contributed by atoms with Crippen molar-refractivity contribution in [1.29, 1.82) is 0 Å². The summed E-state index contributed by atoms with van der Waals surface area (Å²) in [7, 11) is 0. The second kappa shape index (κ2) is 7.34. The monoisotopic (exact) mass is 336 g/mol. The summed E-state index contributed by atoms with van der Waals surface area (Å²) in [4.78, 5) is 11.6. The summed E-state index contributed by atoms with van der Waals surface area (Å²) in [6.07, 6.45) is 1.54. The molecule has 2 rings (SSSR count). The predicted molar refractivity (Wildman–Crippen MR) is 89.6 cm³/mol. The molecule has 0 unspecified atom stereocenters. The van der Waals surface area contributed by atoms with Gasteiger partial charge in [-0.15, -0.1) is 0 Å². The maximum Gasteiger partial charge on any atom is 0.336 e. The van der Waals surface area contributed by atoms with E-state index >= 15 is 0 Å². The maximum absolute atomic E-state index is 11.6. The van der Waals surface area contributed by atoms with Crippen LogP contribution in [0, 0.1) is 0 Å². The molecule has 0 radical (unpaired) electrons. The molecular weight excluding hydrogens is 323 g/mol. The van der Waals surface area contributed by atoms with E-state index in [1.54, 1.807) is 36.4 Å². The lowest BCUT2D eigenvalue weighted by Crippen LogP contribution is -2.00. The van der Waals surface area contributed by atoms with Crippen LogP contribution >= 0.6 is 23.2 Å². The van der Waals surface area contributed by atoms with E-state index in [1.807, 2.05) is 13.0 Å². The molecule has 0 heterocycles. The first-order valence-corrected chi connectivity index (χ1v) is 7.40. The molecule has 0 aliphatic carbocycles. The third-order valence-electron chi connectivity index (χ3n) is 2.93. The Balaban J connectivity index is 2.50. The molecule has 0 amide bonds. The Labute approximate surface area is 138 Å². The van der Waals surface area contributed by atoms with Crippen LogP contribution in [0.3, 0.4) is 0 Å². The van der Waals surface area contributed by atoms with Gasteiger partial charge in [0, 0.05) is 15.6 Å². The Hall–Kier alpha value is -1.97. The van der Waals surface area contributed by atoms with Crippen molar-refractivity contribution >= 4 is 40.8 Å². The summed E-state index contributed by atoms with van der Waals surface area (Å²) < 4.78 is 5.41. The second-order valence-electron chi connectivity index (χ2n) is 4.49. The zero-order valence-corrected chi connectivity index (χ0v) is 13.4. The van der Waals surface area contributed by atoms with Gasteiger partial charge in [-0.05, 0) is 48.9 Å². The minimum absolute atomic E-state index is 0.0705. The molecule has 22 heavy (non-hydrogen) atoms. The van der Waals surface area contributed by atoms with Crippen molar-refractivity contribution in [2.75, 3.05) is 6.61 Å². The smallest absolute Gasteiger partial charge is 0.336 e. The van der Waals surface area contributed by atoms with Crippen LogP contribution < -0.4 is 4.74 Å². The summed E-state index contributed by atoms with van der Waals surface area (Å²) in [6.45, 7) is 2.43. The van der Waals surface area contributed by atoms with Gasteiger partial charge in [-0.2, -0.15) is 0 Å². The fourth-order valence-corrected chi connectivity index (χ4v) is 2.38. The number of aliphatic carboxylic acids is 1. The number of halogens is 2. The Morgan fingerprint density at radius 3 is 2.68 bits per heavy atom. The Bertz CT molecular complexity index is 724. The molecule has 0 aromatic heterocycles. The minimum Gasteiger partial charge on any atom is -0.494 e. The van der Waals surface area contributed by atoms with Gasteiger partial charge in [0.1, 0.15) is 5.75 Å².